The lowest BCUT2D eigenvalue weighted by Crippen LogP contribution is -2.20. The molecular weight excluding hydrogens is 252 g/mol. The second kappa shape index (κ2) is 6.25. The zero-order valence-corrected chi connectivity index (χ0v) is 12.4. The largest absolute Gasteiger partial charge is 0.392 e. The lowest BCUT2D eigenvalue weighted by atomic mass is 9.98. The van der Waals surface area contributed by atoms with Crippen molar-refractivity contribution in [1.29, 1.82) is 0 Å². The van der Waals surface area contributed by atoms with Gasteiger partial charge < -0.3 is 9.63 Å². The van der Waals surface area contributed by atoms with Gasteiger partial charge in [-0.15, -0.1) is 0 Å². The highest BCUT2D eigenvalue weighted by Gasteiger charge is 2.29. The van der Waals surface area contributed by atoms with Crippen molar-refractivity contribution in [1.82, 2.24) is 10.1 Å². The number of hydrogen-bond acceptors (Lipinski definition) is 4. The summed E-state index contributed by atoms with van der Waals surface area (Å²) in [7, 11) is 0. The van der Waals surface area contributed by atoms with Gasteiger partial charge in [-0.2, -0.15) is 4.98 Å². The number of rotatable bonds is 5. The first kappa shape index (κ1) is 14.1. The minimum Gasteiger partial charge on any atom is -0.392 e. The van der Waals surface area contributed by atoms with E-state index in [0.29, 0.717) is 24.1 Å². The molecule has 3 atom stereocenters. The number of hydrogen-bond donors (Lipinski definition) is 1. The summed E-state index contributed by atoms with van der Waals surface area (Å²) in [5, 5.41) is 14.4. The quantitative estimate of drug-likeness (QED) is 0.896. The fraction of sp³-hybridized carbons (Fsp3) is 0.875. The van der Waals surface area contributed by atoms with Crippen LogP contribution >= 0.6 is 0 Å². The van der Waals surface area contributed by atoms with Crippen molar-refractivity contribution < 1.29 is 9.63 Å². The van der Waals surface area contributed by atoms with E-state index in [-0.39, 0.29) is 6.10 Å². The van der Waals surface area contributed by atoms with E-state index in [1.807, 2.05) is 0 Å². The number of aromatic nitrogens is 2. The predicted octanol–water partition coefficient (Wildman–Crippen LogP) is 3.46. The summed E-state index contributed by atoms with van der Waals surface area (Å²) in [6, 6.07) is 0. The summed E-state index contributed by atoms with van der Waals surface area (Å²) in [6.07, 6.45) is 9.92. The maximum atomic E-state index is 10.2. The molecule has 4 nitrogen and oxygen atoms in total. The molecule has 0 radical (unpaired) electrons. The highest BCUT2D eigenvalue weighted by molar-refractivity contribution is 5.00. The van der Waals surface area contributed by atoms with Crippen molar-refractivity contribution >= 4 is 0 Å². The maximum Gasteiger partial charge on any atom is 0.229 e. The highest BCUT2D eigenvalue weighted by atomic mass is 16.5. The standard InChI is InChI=1S/C16H26N2O2/c1-2-11-7-8-13(9-11)16-17-15(20-18-16)10-14(19)12-5-3-4-6-12/h11-14,19H,2-10H2,1H3. The summed E-state index contributed by atoms with van der Waals surface area (Å²) in [5.41, 5.74) is 0. The molecule has 2 saturated carbocycles. The van der Waals surface area contributed by atoms with Crippen LogP contribution in [0, 0.1) is 11.8 Å². The van der Waals surface area contributed by atoms with E-state index in [2.05, 4.69) is 17.1 Å². The van der Waals surface area contributed by atoms with Crippen LogP contribution < -0.4 is 0 Å². The molecule has 1 aromatic rings. The molecule has 2 fully saturated rings. The van der Waals surface area contributed by atoms with Gasteiger partial charge in [-0.25, -0.2) is 0 Å². The molecule has 1 heterocycles. The number of nitrogens with zero attached hydrogens (tertiary/aromatic N) is 2. The molecule has 3 unspecified atom stereocenters. The Balaban J connectivity index is 1.56. The number of aliphatic hydroxyl groups excluding tert-OH is 1. The van der Waals surface area contributed by atoms with Gasteiger partial charge in [0, 0.05) is 5.92 Å². The van der Waals surface area contributed by atoms with Crippen LogP contribution in [-0.2, 0) is 6.42 Å². The van der Waals surface area contributed by atoms with Gasteiger partial charge in [-0.1, -0.05) is 31.3 Å². The van der Waals surface area contributed by atoms with Gasteiger partial charge in [0.15, 0.2) is 5.82 Å². The smallest absolute Gasteiger partial charge is 0.229 e. The lowest BCUT2D eigenvalue weighted by molar-refractivity contribution is 0.102. The van der Waals surface area contributed by atoms with Gasteiger partial charge in [-0.3, -0.25) is 0 Å². The van der Waals surface area contributed by atoms with Gasteiger partial charge in [-0.05, 0) is 43.9 Å². The summed E-state index contributed by atoms with van der Waals surface area (Å²) >= 11 is 0. The van der Waals surface area contributed by atoms with E-state index in [4.69, 9.17) is 4.52 Å². The van der Waals surface area contributed by atoms with Crippen molar-refractivity contribution in [3.63, 3.8) is 0 Å². The summed E-state index contributed by atoms with van der Waals surface area (Å²) in [6.45, 7) is 2.26. The van der Waals surface area contributed by atoms with E-state index >= 15 is 0 Å². The molecule has 2 aliphatic carbocycles. The van der Waals surface area contributed by atoms with Gasteiger partial charge in [0.1, 0.15) is 0 Å². The molecule has 20 heavy (non-hydrogen) atoms. The average molecular weight is 278 g/mol. The third kappa shape index (κ3) is 3.05. The van der Waals surface area contributed by atoms with Crippen LogP contribution in [0.25, 0.3) is 0 Å². The summed E-state index contributed by atoms with van der Waals surface area (Å²) in [5.74, 6) is 3.22. The molecule has 2 aliphatic rings. The van der Waals surface area contributed by atoms with Crippen molar-refractivity contribution in [2.75, 3.05) is 0 Å². The molecule has 0 spiro atoms. The van der Waals surface area contributed by atoms with E-state index in [9.17, 15) is 5.11 Å². The lowest BCUT2D eigenvalue weighted by Gasteiger charge is -2.14. The Morgan fingerprint density at radius 3 is 2.75 bits per heavy atom. The molecule has 0 aliphatic heterocycles. The Kier molecular flexibility index (Phi) is 4.39. The van der Waals surface area contributed by atoms with Crippen molar-refractivity contribution in [2.45, 2.75) is 76.7 Å². The average Bonchev–Trinajstić information content (AvgIpc) is 3.19. The van der Waals surface area contributed by atoms with Crippen LogP contribution in [0.2, 0.25) is 0 Å². The monoisotopic (exact) mass is 278 g/mol. The molecule has 0 bridgehead atoms. The van der Waals surface area contributed by atoms with E-state index < -0.39 is 0 Å². The summed E-state index contributed by atoms with van der Waals surface area (Å²) in [4.78, 5) is 4.53. The SMILES string of the molecule is CCC1CCC(c2noc(CC(O)C3CCCC3)n2)C1. The Labute approximate surface area is 121 Å². The van der Waals surface area contributed by atoms with Gasteiger partial charge in [0.25, 0.3) is 0 Å². The zero-order valence-electron chi connectivity index (χ0n) is 12.4. The van der Waals surface area contributed by atoms with Gasteiger partial charge >= 0.3 is 0 Å². The first-order valence-corrected chi connectivity index (χ1v) is 8.26. The Morgan fingerprint density at radius 2 is 2.05 bits per heavy atom. The molecule has 0 saturated heterocycles. The molecule has 0 aromatic carbocycles. The molecule has 4 heteroatoms. The zero-order chi connectivity index (χ0) is 13.9. The Morgan fingerprint density at radius 1 is 1.25 bits per heavy atom. The molecule has 3 rings (SSSR count). The van der Waals surface area contributed by atoms with Crippen LogP contribution in [0.3, 0.4) is 0 Å². The first-order chi connectivity index (χ1) is 9.76. The highest BCUT2D eigenvalue weighted by Crippen LogP contribution is 2.38. The fourth-order valence-electron chi connectivity index (χ4n) is 3.88. The fourth-order valence-corrected chi connectivity index (χ4v) is 3.88. The number of aliphatic hydroxyl groups is 1. The van der Waals surface area contributed by atoms with E-state index in [0.717, 1.165) is 24.6 Å². The van der Waals surface area contributed by atoms with Crippen LogP contribution in [0.1, 0.15) is 75.9 Å². The van der Waals surface area contributed by atoms with Crippen LogP contribution in [0.5, 0.6) is 0 Å². The van der Waals surface area contributed by atoms with Crippen LogP contribution in [0.4, 0.5) is 0 Å². The van der Waals surface area contributed by atoms with E-state index in [1.165, 1.54) is 38.5 Å². The Bertz CT molecular complexity index is 426. The normalized spacial score (nSPS) is 29.1. The molecule has 1 aromatic heterocycles. The third-order valence-corrected chi connectivity index (χ3v) is 5.30. The van der Waals surface area contributed by atoms with Gasteiger partial charge in [0.2, 0.25) is 5.89 Å². The second-order valence-electron chi connectivity index (χ2n) is 6.65. The minimum absolute atomic E-state index is 0.308. The van der Waals surface area contributed by atoms with Crippen molar-refractivity contribution in [3.05, 3.63) is 11.7 Å². The minimum atomic E-state index is -0.308. The second-order valence-corrected chi connectivity index (χ2v) is 6.65. The molecule has 0 amide bonds. The van der Waals surface area contributed by atoms with Crippen molar-refractivity contribution in [3.8, 4) is 0 Å². The van der Waals surface area contributed by atoms with E-state index in [1.54, 1.807) is 0 Å². The predicted molar refractivity (Wildman–Crippen MR) is 76.3 cm³/mol. The van der Waals surface area contributed by atoms with Crippen molar-refractivity contribution in [2.24, 2.45) is 11.8 Å². The summed E-state index contributed by atoms with van der Waals surface area (Å²) < 4.78 is 5.36. The molecular formula is C16H26N2O2. The van der Waals surface area contributed by atoms with Crippen LogP contribution in [0.15, 0.2) is 4.52 Å². The maximum absolute atomic E-state index is 10.2. The first-order valence-electron chi connectivity index (χ1n) is 8.26. The third-order valence-electron chi connectivity index (χ3n) is 5.30. The topological polar surface area (TPSA) is 59.2 Å². The van der Waals surface area contributed by atoms with Gasteiger partial charge in [0.05, 0.1) is 12.5 Å². The molecule has 112 valence electrons. The molecule has 1 N–H and O–H groups in total. The Hall–Kier alpha value is -0.900. The van der Waals surface area contributed by atoms with Crippen LogP contribution in [-0.4, -0.2) is 21.4 Å².